The van der Waals surface area contributed by atoms with Crippen LogP contribution >= 0.6 is 11.5 Å². The molecule has 8 heteroatoms. The number of aromatic nitrogens is 4. The van der Waals surface area contributed by atoms with Crippen molar-refractivity contribution < 1.29 is 4.79 Å². The topological polar surface area (TPSA) is 81.0 Å². The molecule has 1 fully saturated rings. The molecule has 0 N–H and O–H groups in total. The molecule has 0 bridgehead atoms. The van der Waals surface area contributed by atoms with E-state index in [4.69, 9.17) is 0 Å². The molecule has 1 saturated heterocycles. The summed E-state index contributed by atoms with van der Waals surface area (Å²) < 4.78 is 5.50. The number of carbonyl (C=O) groups excluding carboxylic acids is 1. The van der Waals surface area contributed by atoms with Crippen LogP contribution in [0.2, 0.25) is 0 Å². The van der Waals surface area contributed by atoms with Crippen LogP contribution in [0.1, 0.15) is 33.8 Å². The van der Waals surface area contributed by atoms with Crippen molar-refractivity contribution >= 4 is 17.4 Å². The minimum Gasteiger partial charge on any atom is -0.338 e. The van der Waals surface area contributed by atoms with Crippen molar-refractivity contribution in [3.63, 3.8) is 0 Å². The Morgan fingerprint density at radius 1 is 1.35 bits per heavy atom. The third-order valence-electron chi connectivity index (χ3n) is 4.27. The fourth-order valence-electron chi connectivity index (χ4n) is 2.86. The van der Waals surface area contributed by atoms with Gasteiger partial charge in [-0.2, -0.15) is 0 Å². The molecule has 0 aromatic carbocycles. The van der Waals surface area contributed by atoms with Gasteiger partial charge in [0, 0.05) is 31.4 Å². The van der Waals surface area contributed by atoms with E-state index in [1.165, 1.54) is 0 Å². The van der Waals surface area contributed by atoms with E-state index in [0.717, 1.165) is 24.4 Å². The molecule has 3 rings (SSSR count). The quantitative estimate of drug-likeness (QED) is 0.845. The van der Waals surface area contributed by atoms with E-state index in [9.17, 15) is 9.59 Å². The average molecular weight is 333 g/mol. The first-order chi connectivity index (χ1) is 11.1. The van der Waals surface area contributed by atoms with Crippen molar-refractivity contribution in [2.24, 2.45) is 5.92 Å². The van der Waals surface area contributed by atoms with Gasteiger partial charge in [-0.3, -0.25) is 14.2 Å². The zero-order chi connectivity index (χ0) is 16.4. The van der Waals surface area contributed by atoms with Crippen molar-refractivity contribution in [2.75, 3.05) is 13.1 Å². The third kappa shape index (κ3) is 3.31. The molecular weight excluding hydrogens is 314 g/mol. The lowest BCUT2D eigenvalue weighted by atomic mass is 9.96. The molecule has 0 unspecified atom stereocenters. The summed E-state index contributed by atoms with van der Waals surface area (Å²) in [7, 11) is 0. The van der Waals surface area contributed by atoms with Gasteiger partial charge in [-0.15, -0.1) is 5.10 Å². The summed E-state index contributed by atoms with van der Waals surface area (Å²) in [4.78, 5) is 31.1. The normalized spacial score (nSPS) is 15.8. The van der Waals surface area contributed by atoms with E-state index in [1.54, 1.807) is 30.9 Å². The molecule has 0 radical (unpaired) electrons. The number of hydrogen-bond acceptors (Lipinski definition) is 6. The Bertz CT molecular complexity index is 761. The summed E-state index contributed by atoms with van der Waals surface area (Å²) in [6.07, 6.45) is 4.96. The second-order valence-electron chi connectivity index (χ2n) is 5.96. The van der Waals surface area contributed by atoms with Gasteiger partial charge < -0.3 is 4.90 Å². The number of carbonyl (C=O) groups is 1. The molecule has 7 nitrogen and oxygen atoms in total. The lowest BCUT2D eigenvalue weighted by Gasteiger charge is -2.31. The van der Waals surface area contributed by atoms with Crippen LogP contribution in [0.4, 0.5) is 0 Å². The second kappa shape index (κ2) is 6.57. The first kappa shape index (κ1) is 15.8. The SMILES string of the molecule is Cc1nnsc1C(=O)N1CCC(Cn2cncc(C)c2=O)CC1. The van der Waals surface area contributed by atoms with Gasteiger partial charge in [0.05, 0.1) is 12.0 Å². The van der Waals surface area contributed by atoms with Gasteiger partial charge in [-0.25, -0.2) is 4.98 Å². The van der Waals surface area contributed by atoms with Crippen LogP contribution in [-0.2, 0) is 6.54 Å². The van der Waals surface area contributed by atoms with Crippen LogP contribution in [0.5, 0.6) is 0 Å². The molecule has 3 heterocycles. The summed E-state index contributed by atoms with van der Waals surface area (Å²) in [6.45, 7) is 5.65. The largest absolute Gasteiger partial charge is 0.338 e. The highest BCUT2D eigenvalue weighted by Gasteiger charge is 2.26. The fourth-order valence-corrected chi connectivity index (χ4v) is 3.48. The van der Waals surface area contributed by atoms with Crippen LogP contribution in [-0.4, -0.2) is 43.0 Å². The van der Waals surface area contributed by atoms with E-state index in [1.807, 2.05) is 4.90 Å². The number of piperidine rings is 1. The highest BCUT2D eigenvalue weighted by molar-refractivity contribution is 7.07. The predicted molar refractivity (Wildman–Crippen MR) is 86.5 cm³/mol. The fraction of sp³-hybridized carbons (Fsp3) is 0.533. The smallest absolute Gasteiger partial charge is 0.267 e. The minimum atomic E-state index is 0.0184. The monoisotopic (exact) mass is 333 g/mol. The minimum absolute atomic E-state index is 0.0184. The molecule has 23 heavy (non-hydrogen) atoms. The molecule has 1 aliphatic heterocycles. The van der Waals surface area contributed by atoms with Crippen molar-refractivity contribution in [2.45, 2.75) is 33.2 Å². The standard InChI is InChI=1S/C15H19N5O2S/c1-10-7-16-9-20(14(10)21)8-12-3-5-19(6-4-12)15(22)13-11(2)17-18-23-13/h7,9,12H,3-6,8H2,1-2H3. The number of rotatable bonds is 3. The Morgan fingerprint density at radius 3 is 2.74 bits per heavy atom. The Labute approximate surface area is 138 Å². The first-order valence-corrected chi connectivity index (χ1v) is 8.43. The third-order valence-corrected chi connectivity index (χ3v) is 5.09. The molecule has 2 aromatic rings. The highest BCUT2D eigenvalue weighted by Crippen LogP contribution is 2.21. The van der Waals surface area contributed by atoms with Gasteiger partial charge in [0.2, 0.25) is 0 Å². The first-order valence-electron chi connectivity index (χ1n) is 7.65. The van der Waals surface area contributed by atoms with E-state index >= 15 is 0 Å². The van der Waals surface area contributed by atoms with Crippen LogP contribution in [0, 0.1) is 19.8 Å². The molecule has 0 spiro atoms. The molecule has 1 amide bonds. The molecule has 0 atom stereocenters. The van der Waals surface area contributed by atoms with E-state index in [2.05, 4.69) is 14.6 Å². The lowest BCUT2D eigenvalue weighted by Crippen LogP contribution is -2.40. The van der Waals surface area contributed by atoms with E-state index < -0.39 is 0 Å². The van der Waals surface area contributed by atoms with Crippen LogP contribution in [0.3, 0.4) is 0 Å². The second-order valence-corrected chi connectivity index (χ2v) is 6.71. The Hall–Kier alpha value is -2.09. The Balaban J connectivity index is 1.60. The lowest BCUT2D eigenvalue weighted by molar-refractivity contribution is 0.0686. The number of amides is 1. The van der Waals surface area contributed by atoms with Gasteiger partial charge in [0.25, 0.3) is 11.5 Å². The van der Waals surface area contributed by atoms with Gasteiger partial charge in [0.1, 0.15) is 4.88 Å². The summed E-state index contributed by atoms with van der Waals surface area (Å²) in [5.41, 5.74) is 1.37. The number of likely N-dealkylation sites (tertiary alicyclic amines) is 1. The van der Waals surface area contributed by atoms with Gasteiger partial charge >= 0.3 is 0 Å². The van der Waals surface area contributed by atoms with Crippen molar-refractivity contribution in [1.29, 1.82) is 0 Å². The molecule has 0 aliphatic carbocycles. The van der Waals surface area contributed by atoms with Crippen molar-refractivity contribution in [3.05, 3.63) is 39.0 Å². The van der Waals surface area contributed by atoms with Crippen molar-refractivity contribution in [3.8, 4) is 0 Å². The maximum atomic E-state index is 12.4. The summed E-state index contributed by atoms with van der Waals surface area (Å²) >= 11 is 1.15. The van der Waals surface area contributed by atoms with Gasteiger partial charge in [-0.1, -0.05) is 4.49 Å². The van der Waals surface area contributed by atoms with Crippen molar-refractivity contribution in [1.82, 2.24) is 24.0 Å². The molecular formula is C15H19N5O2S. The summed E-state index contributed by atoms with van der Waals surface area (Å²) in [6, 6.07) is 0. The molecule has 1 aliphatic rings. The number of nitrogens with zero attached hydrogens (tertiary/aromatic N) is 5. The van der Waals surface area contributed by atoms with E-state index in [0.29, 0.717) is 41.7 Å². The zero-order valence-corrected chi connectivity index (χ0v) is 14.0. The predicted octanol–water partition coefficient (Wildman–Crippen LogP) is 1.26. The van der Waals surface area contributed by atoms with E-state index in [-0.39, 0.29) is 11.5 Å². The summed E-state index contributed by atoms with van der Waals surface area (Å²) in [5, 5.41) is 3.90. The Morgan fingerprint density at radius 2 is 2.09 bits per heavy atom. The molecule has 0 saturated carbocycles. The highest BCUT2D eigenvalue weighted by atomic mass is 32.1. The maximum absolute atomic E-state index is 12.4. The average Bonchev–Trinajstić information content (AvgIpc) is 2.98. The molecule has 122 valence electrons. The Kier molecular flexibility index (Phi) is 4.51. The summed E-state index contributed by atoms with van der Waals surface area (Å²) in [5.74, 6) is 0.409. The van der Waals surface area contributed by atoms with Crippen LogP contribution in [0.15, 0.2) is 17.3 Å². The van der Waals surface area contributed by atoms with Crippen LogP contribution in [0.25, 0.3) is 0 Å². The van der Waals surface area contributed by atoms with Gasteiger partial charge in [0.15, 0.2) is 0 Å². The number of aryl methyl sites for hydroxylation is 2. The number of hydrogen-bond donors (Lipinski definition) is 0. The van der Waals surface area contributed by atoms with Crippen LogP contribution < -0.4 is 5.56 Å². The van der Waals surface area contributed by atoms with Gasteiger partial charge in [-0.05, 0) is 44.1 Å². The zero-order valence-electron chi connectivity index (χ0n) is 13.2. The maximum Gasteiger partial charge on any atom is 0.267 e. The molecule has 2 aromatic heterocycles.